The molecule has 0 aliphatic heterocycles. The number of benzene rings is 1. The third-order valence-electron chi connectivity index (χ3n) is 3.86. The summed E-state index contributed by atoms with van der Waals surface area (Å²) in [7, 11) is 0. The molecule has 1 fully saturated rings. The average Bonchev–Trinajstić information content (AvgIpc) is 3.33. The summed E-state index contributed by atoms with van der Waals surface area (Å²) in [5, 5.41) is 0. The number of hydrogen-bond acceptors (Lipinski definition) is 2. The first kappa shape index (κ1) is 13.8. The Bertz CT molecular complexity index is 603. The Morgan fingerprint density at radius 2 is 1.95 bits per heavy atom. The quantitative estimate of drug-likeness (QED) is 0.843. The molecule has 0 saturated heterocycles. The van der Waals surface area contributed by atoms with E-state index in [2.05, 4.69) is 24.0 Å². The van der Waals surface area contributed by atoms with E-state index in [1.165, 1.54) is 5.56 Å². The summed E-state index contributed by atoms with van der Waals surface area (Å²) in [6.07, 6.45) is 6.34. The van der Waals surface area contributed by atoms with Crippen LogP contribution in [-0.4, -0.2) is 21.8 Å². The summed E-state index contributed by atoms with van der Waals surface area (Å²) in [6.45, 7) is 2.73. The third kappa shape index (κ3) is 3.69. The molecule has 2 aromatic rings. The highest BCUT2D eigenvalue weighted by Crippen LogP contribution is 2.29. The molecule has 1 saturated carbocycles. The van der Waals surface area contributed by atoms with Gasteiger partial charge in [-0.1, -0.05) is 35.9 Å². The Hall–Kier alpha value is -2.16. The van der Waals surface area contributed by atoms with Crippen LogP contribution in [0.25, 0.3) is 0 Å². The van der Waals surface area contributed by atoms with Gasteiger partial charge < -0.3 is 4.90 Å². The van der Waals surface area contributed by atoms with Crippen LogP contribution in [-0.2, 0) is 17.8 Å². The molecule has 108 valence electrons. The maximum absolute atomic E-state index is 12.6. The summed E-state index contributed by atoms with van der Waals surface area (Å²) in [5.41, 5.74) is 3.41. The predicted molar refractivity (Wildman–Crippen MR) is 82.7 cm³/mol. The minimum absolute atomic E-state index is 0.213. The highest BCUT2D eigenvalue weighted by molar-refractivity contribution is 5.79. The molecule has 1 heterocycles. The first-order chi connectivity index (χ1) is 10.2. The molecule has 0 unspecified atom stereocenters. The van der Waals surface area contributed by atoms with Crippen molar-refractivity contribution in [2.24, 2.45) is 0 Å². The average molecular weight is 280 g/mol. The molecule has 0 atom stereocenters. The normalized spacial score (nSPS) is 14.0. The van der Waals surface area contributed by atoms with Gasteiger partial charge in [0.05, 0.1) is 6.42 Å². The van der Waals surface area contributed by atoms with E-state index < -0.39 is 0 Å². The third-order valence-corrected chi connectivity index (χ3v) is 3.86. The van der Waals surface area contributed by atoms with E-state index in [4.69, 9.17) is 0 Å². The maximum Gasteiger partial charge on any atom is 0.227 e. The zero-order chi connectivity index (χ0) is 14.7. The van der Waals surface area contributed by atoms with Crippen LogP contribution in [0.4, 0.5) is 0 Å². The molecule has 0 bridgehead atoms. The monoisotopic (exact) mass is 280 g/mol. The Morgan fingerprint density at radius 3 is 2.57 bits per heavy atom. The van der Waals surface area contributed by atoms with Crippen molar-refractivity contribution in [1.82, 2.24) is 9.88 Å². The lowest BCUT2D eigenvalue weighted by Crippen LogP contribution is -2.33. The van der Waals surface area contributed by atoms with Crippen molar-refractivity contribution in [2.45, 2.75) is 38.8 Å². The lowest BCUT2D eigenvalue weighted by molar-refractivity contribution is -0.131. The molecule has 1 aromatic heterocycles. The Kier molecular flexibility index (Phi) is 4.00. The highest BCUT2D eigenvalue weighted by atomic mass is 16.2. The fraction of sp³-hybridized carbons (Fsp3) is 0.333. The number of hydrogen-bond donors (Lipinski definition) is 0. The van der Waals surface area contributed by atoms with E-state index in [1.54, 1.807) is 6.20 Å². The summed E-state index contributed by atoms with van der Waals surface area (Å²) in [4.78, 5) is 18.7. The van der Waals surface area contributed by atoms with Gasteiger partial charge in [-0.25, -0.2) is 0 Å². The highest BCUT2D eigenvalue weighted by Gasteiger charge is 2.32. The number of aromatic nitrogens is 1. The van der Waals surface area contributed by atoms with E-state index in [-0.39, 0.29) is 5.91 Å². The van der Waals surface area contributed by atoms with Crippen LogP contribution in [0.3, 0.4) is 0 Å². The van der Waals surface area contributed by atoms with Crippen LogP contribution in [0.15, 0.2) is 48.8 Å². The van der Waals surface area contributed by atoms with Gasteiger partial charge in [-0.2, -0.15) is 0 Å². The summed E-state index contributed by atoms with van der Waals surface area (Å²) in [6, 6.07) is 12.6. The summed E-state index contributed by atoms with van der Waals surface area (Å²) >= 11 is 0. The Balaban J connectivity index is 1.69. The maximum atomic E-state index is 12.6. The van der Waals surface area contributed by atoms with Crippen LogP contribution >= 0.6 is 0 Å². The van der Waals surface area contributed by atoms with Gasteiger partial charge in [-0.3, -0.25) is 9.78 Å². The molecule has 0 radical (unpaired) electrons. The van der Waals surface area contributed by atoms with Crippen molar-refractivity contribution in [1.29, 1.82) is 0 Å². The molecule has 1 aliphatic carbocycles. The topological polar surface area (TPSA) is 33.2 Å². The van der Waals surface area contributed by atoms with Crippen molar-refractivity contribution in [3.05, 3.63) is 65.5 Å². The van der Waals surface area contributed by atoms with Gasteiger partial charge in [0.1, 0.15) is 0 Å². The van der Waals surface area contributed by atoms with E-state index in [0.29, 0.717) is 19.0 Å². The molecule has 21 heavy (non-hydrogen) atoms. The lowest BCUT2D eigenvalue weighted by Gasteiger charge is -2.22. The molecule has 3 rings (SSSR count). The SMILES string of the molecule is Cc1ccc(CC(=O)N(Cc2cccnc2)C2CC2)cc1. The van der Waals surface area contributed by atoms with Gasteiger partial charge in [-0.15, -0.1) is 0 Å². The molecule has 3 heteroatoms. The zero-order valence-corrected chi connectivity index (χ0v) is 12.3. The van der Waals surface area contributed by atoms with Crippen LogP contribution in [0.5, 0.6) is 0 Å². The second-order valence-corrected chi connectivity index (χ2v) is 5.78. The number of carbonyl (C=O) groups excluding carboxylic acids is 1. The van der Waals surface area contributed by atoms with Gasteiger partial charge in [-0.05, 0) is 37.0 Å². The van der Waals surface area contributed by atoms with Crippen molar-refractivity contribution in [3.8, 4) is 0 Å². The van der Waals surface area contributed by atoms with Crippen molar-refractivity contribution in [2.75, 3.05) is 0 Å². The Labute approximate surface area is 125 Å². The van der Waals surface area contributed by atoms with Gasteiger partial charge in [0.15, 0.2) is 0 Å². The van der Waals surface area contributed by atoms with Crippen molar-refractivity contribution < 1.29 is 4.79 Å². The van der Waals surface area contributed by atoms with Crippen LogP contribution in [0, 0.1) is 6.92 Å². The number of carbonyl (C=O) groups is 1. The number of aryl methyl sites for hydroxylation is 1. The summed E-state index contributed by atoms with van der Waals surface area (Å²) in [5.74, 6) is 0.213. The van der Waals surface area contributed by atoms with Crippen LogP contribution < -0.4 is 0 Å². The predicted octanol–water partition coefficient (Wildman–Crippen LogP) is 3.12. The second-order valence-electron chi connectivity index (χ2n) is 5.78. The first-order valence-electron chi connectivity index (χ1n) is 7.46. The fourth-order valence-electron chi connectivity index (χ4n) is 2.48. The van der Waals surface area contributed by atoms with Crippen LogP contribution in [0.1, 0.15) is 29.5 Å². The van der Waals surface area contributed by atoms with Gasteiger partial charge in [0.25, 0.3) is 0 Å². The molecule has 0 spiro atoms. The first-order valence-corrected chi connectivity index (χ1v) is 7.46. The lowest BCUT2D eigenvalue weighted by atomic mass is 10.1. The fourth-order valence-corrected chi connectivity index (χ4v) is 2.48. The van der Waals surface area contributed by atoms with Gasteiger partial charge in [0, 0.05) is 25.0 Å². The summed E-state index contributed by atoms with van der Waals surface area (Å²) < 4.78 is 0. The van der Waals surface area contributed by atoms with E-state index in [0.717, 1.165) is 24.0 Å². The molecular weight excluding hydrogens is 260 g/mol. The standard InChI is InChI=1S/C18H20N2O/c1-14-4-6-15(7-5-14)11-18(21)20(17-8-9-17)13-16-3-2-10-19-12-16/h2-7,10,12,17H,8-9,11,13H2,1H3. The molecular formula is C18H20N2O. The smallest absolute Gasteiger partial charge is 0.227 e. The van der Waals surface area contributed by atoms with Gasteiger partial charge >= 0.3 is 0 Å². The molecule has 0 N–H and O–H groups in total. The number of amides is 1. The number of pyridine rings is 1. The van der Waals surface area contributed by atoms with Crippen molar-refractivity contribution in [3.63, 3.8) is 0 Å². The molecule has 1 aliphatic rings. The Morgan fingerprint density at radius 1 is 1.19 bits per heavy atom. The zero-order valence-electron chi connectivity index (χ0n) is 12.3. The largest absolute Gasteiger partial charge is 0.335 e. The molecule has 3 nitrogen and oxygen atoms in total. The van der Waals surface area contributed by atoms with E-state index in [9.17, 15) is 4.79 Å². The minimum Gasteiger partial charge on any atom is -0.335 e. The van der Waals surface area contributed by atoms with Crippen molar-refractivity contribution >= 4 is 5.91 Å². The molecule has 1 amide bonds. The van der Waals surface area contributed by atoms with Gasteiger partial charge in [0.2, 0.25) is 5.91 Å². The minimum atomic E-state index is 0.213. The van der Waals surface area contributed by atoms with Crippen LogP contribution in [0.2, 0.25) is 0 Å². The number of nitrogens with zero attached hydrogens (tertiary/aromatic N) is 2. The van der Waals surface area contributed by atoms with E-state index in [1.807, 2.05) is 35.4 Å². The van der Waals surface area contributed by atoms with E-state index >= 15 is 0 Å². The second kappa shape index (κ2) is 6.08. The number of rotatable bonds is 5. The molecule has 1 aromatic carbocycles.